The van der Waals surface area contributed by atoms with Gasteiger partial charge in [0.15, 0.2) is 5.96 Å². The van der Waals surface area contributed by atoms with Gasteiger partial charge in [-0.15, -0.1) is 24.0 Å². The van der Waals surface area contributed by atoms with Gasteiger partial charge in [0.2, 0.25) is 10.0 Å². The van der Waals surface area contributed by atoms with Gasteiger partial charge in [0, 0.05) is 33.2 Å². The van der Waals surface area contributed by atoms with Crippen molar-refractivity contribution in [2.45, 2.75) is 27.3 Å². The van der Waals surface area contributed by atoms with Crippen LogP contribution in [0.2, 0.25) is 0 Å². The molecule has 1 aromatic rings. The second-order valence-electron chi connectivity index (χ2n) is 5.62. The monoisotopic (exact) mass is 500 g/mol. The molecule has 0 fully saturated rings. The van der Waals surface area contributed by atoms with Crippen molar-refractivity contribution in [2.24, 2.45) is 4.99 Å². The summed E-state index contributed by atoms with van der Waals surface area (Å²) in [5.41, 5.74) is 0.949. The average molecular weight is 500 g/mol. The number of hydrogen-bond acceptors (Lipinski definition) is 3. The largest absolute Gasteiger partial charge is 0.357 e. The second kappa shape index (κ2) is 12.4. The quantitative estimate of drug-likeness (QED) is 0.322. The minimum atomic E-state index is -3.28. The summed E-state index contributed by atoms with van der Waals surface area (Å²) in [4.78, 5) is 6.30. The summed E-state index contributed by atoms with van der Waals surface area (Å²) < 4.78 is 38.9. The molecule has 9 heteroatoms. The van der Waals surface area contributed by atoms with Crippen LogP contribution in [0.4, 0.5) is 4.39 Å². The Morgan fingerprint density at radius 3 is 2.23 bits per heavy atom. The van der Waals surface area contributed by atoms with Crippen molar-refractivity contribution in [1.29, 1.82) is 0 Å². The summed E-state index contributed by atoms with van der Waals surface area (Å²) in [5, 5.41) is 3.15. The van der Waals surface area contributed by atoms with Gasteiger partial charge in [0.05, 0.1) is 12.3 Å². The lowest BCUT2D eigenvalue weighted by Crippen LogP contribution is -2.39. The van der Waals surface area contributed by atoms with E-state index in [0.29, 0.717) is 32.1 Å². The highest BCUT2D eigenvalue weighted by Gasteiger charge is 2.18. The van der Waals surface area contributed by atoms with Gasteiger partial charge >= 0.3 is 0 Å². The van der Waals surface area contributed by atoms with Crippen LogP contribution in [-0.4, -0.2) is 62.6 Å². The fourth-order valence-electron chi connectivity index (χ4n) is 2.42. The third kappa shape index (κ3) is 8.17. The molecule has 0 aromatic heterocycles. The maximum Gasteiger partial charge on any atom is 0.215 e. The van der Waals surface area contributed by atoms with Crippen LogP contribution in [-0.2, 0) is 16.6 Å². The Balaban J connectivity index is 0.00000625. The van der Waals surface area contributed by atoms with Crippen molar-refractivity contribution in [1.82, 2.24) is 14.5 Å². The lowest BCUT2D eigenvalue weighted by atomic mass is 10.2. The molecule has 26 heavy (non-hydrogen) atoms. The highest BCUT2D eigenvalue weighted by Crippen LogP contribution is 2.06. The van der Waals surface area contributed by atoms with E-state index < -0.39 is 10.0 Å². The first kappa shape index (κ1) is 25.1. The van der Waals surface area contributed by atoms with Gasteiger partial charge in [-0.05, 0) is 24.6 Å². The highest BCUT2D eigenvalue weighted by atomic mass is 127. The molecule has 0 heterocycles. The number of guanidine groups is 1. The van der Waals surface area contributed by atoms with Gasteiger partial charge < -0.3 is 10.2 Å². The van der Waals surface area contributed by atoms with Gasteiger partial charge in [-0.25, -0.2) is 17.1 Å². The zero-order valence-electron chi connectivity index (χ0n) is 15.9. The average Bonchev–Trinajstić information content (AvgIpc) is 2.56. The van der Waals surface area contributed by atoms with E-state index in [1.165, 1.54) is 16.4 Å². The van der Waals surface area contributed by atoms with E-state index in [4.69, 9.17) is 0 Å². The highest BCUT2D eigenvalue weighted by molar-refractivity contribution is 14.0. The Kier molecular flexibility index (Phi) is 12.0. The fourth-order valence-corrected chi connectivity index (χ4v) is 3.79. The zero-order valence-corrected chi connectivity index (χ0v) is 19.1. The maximum atomic E-state index is 13.0. The Hall–Kier alpha value is -0.940. The number of aliphatic imine (C=N–C) groups is 1. The number of sulfonamides is 1. The molecule has 0 unspecified atom stereocenters. The third-order valence-corrected chi connectivity index (χ3v) is 5.74. The van der Waals surface area contributed by atoms with Crippen LogP contribution in [0.1, 0.15) is 26.3 Å². The Morgan fingerprint density at radius 2 is 1.73 bits per heavy atom. The molecule has 0 bridgehead atoms. The van der Waals surface area contributed by atoms with Crippen molar-refractivity contribution in [2.75, 3.05) is 39.0 Å². The molecule has 6 nitrogen and oxygen atoms in total. The summed E-state index contributed by atoms with van der Waals surface area (Å²) in [5.74, 6) is 0.337. The summed E-state index contributed by atoms with van der Waals surface area (Å²) in [6, 6.07) is 6.29. The van der Waals surface area contributed by atoms with Gasteiger partial charge in [0.25, 0.3) is 0 Å². The lowest BCUT2D eigenvalue weighted by Gasteiger charge is -2.22. The molecule has 0 spiro atoms. The number of halogens is 2. The fraction of sp³-hybridized carbons (Fsp3) is 0.588. The van der Waals surface area contributed by atoms with E-state index in [9.17, 15) is 12.8 Å². The van der Waals surface area contributed by atoms with Gasteiger partial charge in [-0.1, -0.05) is 26.0 Å². The van der Waals surface area contributed by atoms with Crippen LogP contribution in [0, 0.1) is 5.82 Å². The molecule has 0 radical (unpaired) electrons. The minimum Gasteiger partial charge on any atom is -0.357 e. The van der Waals surface area contributed by atoms with Crippen LogP contribution in [0.3, 0.4) is 0 Å². The smallest absolute Gasteiger partial charge is 0.215 e. The zero-order chi connectivity index (χ0) is 18.9. The predicted octanol–water partition coefficient (Wildman–Crippen LogP) is 2.51. The molecular weight excluding hydrogens is 470 g/mol. The van der Waals surface area contributed by atoms with Gasteiger partial charge in [-0.3, -0.25) is 4.99 Å². The summed E-state index contributed by atoms with van der Waals surface area (Å²) in [6.07, 6.45) is 0. The third-order valence-electron chi connectivity index (χ3n) is 3.74. The summed E-state index contributed by atoms with van der Waals surface area (Å²) >= 11 is 0. The van der Waals surface area contributed by atoms with E-state index in [1.54, 1.807) is 12.1 Å². The van der Waals surface area contributed by atoms with Crippen molar-refractivity contribution >= 4 is 40.0 Å². The van der Waals surface area contributed by atoms with Crippen molar-refractivity contribution in [3.63, 3.8) is 0 Å². The summed E-state index contributed by atoms with van der Waals surface area (Å²) in [7, 11) is -1.42. The number of nitrogens with zero attached hydrogens (tertiary/aromatic N) is 3. The number of hydrogen-bond donors (Lipinski definition) is 1. The molecule has 0 aliphatic heterocycles. The molecule has 0 amide bonds. The normalized spacial score (nSPS) is 12.0. The first-order valence-electron chi connectivity index (χ1n) is 8.55. The first-order valence-corrected chi connectivity index (χ1v) is 10.2. The Labute approximate surface area is 173 Å². The number of nitrogens with one attached hydrogen (secondary N) is 1. The van der Waals surface area contributed by atoms with E-state index in [0.717, 1.165) is 5.56 Å². The molecular formula is C17H30FIN4O2S. The van der Waals surface area contributed by atoms with Crippen LogP contribution in [0.25, 0.3) is 0 Å². The van der Waals surface area contributed by atoms with Crippen molar-refractivity contribution < 1.29 is 12.8 Å². The molecule has 1 aromatic carbocycles. The van der Waals surface area contributed by atoms with E-state index >= 15 is 0 Å². The van der Waals surface area contributed by atoms with E-state index in [2.05, 4.69) is 10.3 Å². The van der Waals surface area contributed by atoms with E-state index in [-0.39, 0.29) is 42.1 Å². The topological polar surface area (TPSA) is 65.0 Å². The SMILES string of the molecule is CCNC(=NCCS(=O)(=O)N(CC)CC)N(C)Cc1ccc(F)cc1.I. The van der Waals surface area contributed by atoms with Crippen molar-refractivity contribution in [3.8, 4) is 0 Å². The van der Waals surface area contributed by atoms with Crippen LogP contribution >= 0.6 is 24.0 Å². The van der Waals surface area contributed by atoms with Gasteiger partial charge in [0.1, 0.15) is 5.82 Å². The summed E-state index contributed by atoms with van der Waals surface area (Å²) in [6.45, 7) is 7.95. The first-order chi connectivity index (χ1) is 11.8. The second-order valence-corrected chi connectivity index (χ2v) is 7.71. The minimum absolute atomic E-state index is 0. The molecule has 0 saturated carbocycles. The van der Waals surface area contributed by atoms with Crippen LogP contribution in [0.15, 0.2) is 29.3 Å². The van der Waals surface area contributed by atoms with Crippen LogP contribution < -0.4 is 5.32 Å². The Morgan fingerprint density at radius 1 is 1.15 bits per heavy atom. The molecule has 150 valence electrons. The molecule has 0 aliphatic carbocycles. The molecule has 1 rings (SSSR count). The number of benzene rings is 1. The Bertz CT molecular complexity index is 649. The van der Waals surface area contributed by atoms with Gasteiger partial charge in [-0.2, -0.15) is 0 Å². The van der Waals surface area contributed by atoms with Crippen molar-refractivity contribution in [3.05, 3.63) is 35.6 Å². The maximum absolute atomic E-state index is 13.0. The molecule has 0 atom stereocenters. The number of rotatable bonds is 9. The van der Waals surface area contributed by atoms with Crippen LogP contribution in [0.5, 0.6) is 0 Å². The standard InChI is InChI=1S/C17H29FN4O2S.HI/c1-5-19-17(20-12-13-25(23,24)22(6-2)7-3)21(4)14-15-8-10-16(18)11-9-15;/h8-11H,5-7,12-14H2,1-4H3,(H,19,20);1H. The van der Waals surface area contributed by atoms with E-state index in [1.807, 2.05) is 32.7 Å². The molecule has 0 aliphatic rings. The molecule has 1 N–H and O–H groups in total. The molecule has 0 saturated heterocycles. The lowest BCUT2D eigenvalue weighted by molar-refractivity contribution is 0.445. The predicted molar refractivity (Wildman–Crippen MR) is 116 cm³/mol.